The first kappa shape index (κ1) is 20.5. The molecule has 0 aliphatic carbocycles. The summed E-state index contributed by atoms with van der Waals surface area (Å²) in [5.74, 6) is -2.92. The fourth-order valence-corrected chi connectivity index (χ4v) is 2.80. The molecule has 0 heterocycles. The van der Waals surface area contributed by atoms with E-state index in [1.807, 2.05) is 19.1 Å². The summed E-state index contributed by atoms with van der Waals surface area (Å²) in [6.07, 6.45) is -0.249. The van der Waals surface area contributed by atoms with Gasteiger partial charge in [-0.25, -0.2) is 14.3 Å². The SMILES string of the molecule is Cc1cc(I)ccc1Nc1cc(F)c(F)cc1C(=O)NOCCC(C)O. The third-order valence-corrected chi connectivity index (χ3v) is 4.24. The highest BCUT2D eigenvalue weighted by Gasteiger charge is 2.17. The van der Waals surface area contributed by atoms with E-state index in [1.54, 1.807) is 13.0 Å². The first-order valence-corrected chi connectivity index (χ1v) is 8.98. The first-order valence-electron chi connectivity index (χ1n) is 7.90. The van der Waals surface area contributed by atoms with Crippen LogP contribution in [0.2, 0.25) is 0 Å². The Hall–Kier alpha value is -1.78. The van der Waals surface area contributed by atoms with Gasteiger partial charge < -0.3 is 10.4 Å². The summed E-state index contributed by atoms with van der Waals surface area (Å²) in [7, 11) is 0. The molecule has 2 aromatic rings. The summed E-state index contributed by atoms with van der Waals surface area (Å²) >= 11 is 2.17. The van der Waals surface area contributed by atoms with Crippen LogP contribution in [-0.4, -0.2) is 23.7 Å². The van der Waals surface area contributed by atoms with E-state index in [-0.39, 0.29) is 17.9 Å². The van der Waals surface area contributed by atoms with E-state index in [2.05, 4.69) is 33.4 Å². The van der Waals surface area contributed by atoms with Crippen LogP contribution in [0.1, 0.15) is 29.3 Å². The number of amides is 1. The summed E-state index contributed by atoms with van der Waals surface area (Å²) in [6.45, 7) is 3.54. The zero-order chi connectivity index (χ0) is 19.3. The number of aryl methyl sites for hydroxylation is 1. The molecule has 140 valence electrons. The Morgan fingerprint density at radius 1 is 1.23 bits per heavy atom. The molecule has 0 aromatic heterocycles. The Balaban J connectivity index is 2.22. The number of benzene rings is 2. The quantitative estimate of drug-likeness (QED) is 0.321. The van der Waals surface area contributed by atoms with Crippen LogP contribution in [0.3, 0.4) is 0 Å². The minimum atomic E-state index is -1.14. The molecular formula is C18H19F2IN2O3. The Morgan fingerprint density at radius 2 is 1.92 bits per heavy atom. The Morgan fingerprint density at radius 3 is 2.58 bits per heavy atom. The largest absolute Gasteiger partial charge is 0.393 e. The lowest BCUT2D eigenvalue weighted by atomic mass is 10.1. The van der Waals surface area contributed by atoms with Crippen LogP contribution in [0.15, 0.2) is 30.3 Å². The third kappa shape index (κ3) is 5.61. The third-order valence-electron chi connectivity index (χ3n) is 3.57. The zero-order valence-corrected chi connectivity index (χ0v) is 16.4. The molecule has 0 radical (unpaired) electrons. The van der Waals surface area contributed by atoms with Gasteiger partial charge in [0.2, 0.25) is 0 Å². The molecule has 1 atom stereocenters. The molecule has 0 aliphatic rings. The van der Waals surface area contributed by atoms with Crippen molar-refractivity contribution >= 4 is 39.9 Å². The maximum absolute atomic E-state index is 13.7. The second-order valence-electron chi connectivity index (χ2n) is 5.81. The van der Waals surface area contributed by atoms with E-state index in [9.17, 15) is 13.6 Å². The molecule has 5 nitrogen and oxygen atoms in total. The van der Waals surface area contributed by atoms with Crippen molar-refractivity contribution < 1.29 is 23.5 Å². The molecule has 0 bridgehead atoms. The maximum Gasteiger partial charge on any atom is 0.277 e. The maximum atomic E-state index is 13.7. The fourth-order valence-electron chi connectivity index (χ4n) is 2.15. The van der Waals surface area contributed by atoms with Gasteiger partial charge in [0.15, 0.2) is 11.6 Å². The second kappa shape index (κ2) is 9.24. The number of hydrogen-bond acceptors (Lipinski definition) is 4. The Labute approximate surface area is 163 Å². The number of rotatable bonds is 7. The lowest BCUT2D eigenvalue weighted by Gasteiger charge is -2.15. The molecule has 0 fully saturated rings. The van der Waals surface area contributed by atoms with Crippen LogP contribution >= 0.6 is 22.6 Å². The van der Waals surface area contributed by atoms with Gasteiger partial charge >= 0.3 is 0 Å². The molecule has 0 aliphatic heterocycles. The molecule has 1 unspecified atom stereocenters. The van der Waals surface area contributed by atoms with Gasteiger partial charge in [0.1, 0.15) is 0 Å². The molecule has 8 heteroatoms. The number of nitrogens with one attached hydrogen (secondary N) is 2. The second-order valence-corrected chi connectivity index (χ2v) is 7.06. The number of aliphatic hydroxyl groups is 1. The average Bonchev–Trinajstić information content (AvgIpc) is 2.56. The van der Waals surface area contributed by atoms with Crippen molar-refractivity contribution in [3.05, 3.63) is 56.7 Å². The van der Waals surface area contributed by atoms with Gasteiger partial charge in [-0.05, 0) is 72.7 Å². The van der Waals surface area contributed by atoms with Crippen molar-refractivity contribution in [3.63, 3.8) is 0 Å². The van der Waals surface area contributed by atoms with E-state index in [0.29, 0.717) is 12.1 Å². The highest BCUT2D eigenvalue weighted by molar-refractivity contribution is 14.1. The molecule has 0 spiro atoms. The number of anilines is 2. The number of hydroxylamine groups is 1. The first-order chi connectivity index (χ1) is 12.3. The predicted molar refractivity (Wildman–Crippen MR) is 103 cm³/mol. The lowest BCUT2D eigenvalue weighted by Crippen LogP contribution is -2.26. The molecule has 3 N–H and O–H groups in total. The molecule has 2 aromatic carbocycles. The van der Waals surface area contributed by atoms with Crippen molar-refractivity contribution in [3.8, 4) is 0 Å². The smallest absolute Gasteiger partial charge is 0.277 e. The van der Waals surface area contributed by atoms with Gasteiger partial charge in [-0.2, -0.15) is 0 Å². The highest BCUT2D eigenvalue weighted by atomic mass is 127. The highest BCUT2D eigenvalue weighted by Crippen LogP contribution is 2.27. The number of hydrogen-bond donors (Lipinski definition) is 3. The van der Waals surface area contributed by atoms with Gasteiger partial charge in [-0.15, -0.1) is 0 Å². The van der Waals surface area contributed by atoms with Crippen molar-refractivity contribution in [2.45, 2.75) is 26.4 Å². The van der Waals surface area contributed by atoms with Crippen LogP contribution in [0.5, 0.6) is 0 Å². The van der Waals surface area contributed by atoms with Gasteiger partial charge in [0, 0.05) is 15.3 Å². The summed E-state index contributed by atoms with van der Waals surface area (Å²) < 4.78 is 28.3. The molecule has 2 rings (SSSR count). The van der Waals surface area contributed by atoms with Crippen LogP contribution < -0.4 is 10.8 Å². The summed E-state index contributed by atoms with van der Waals surface area (Å²) in [6, 6.07) is 7.31. The van der Waals surface area contributed by atoms with Crippen LogP contribution in [0.25, 0.3) is 0 Å². The van der Waals surface area contributed by atoms with Crippen LogP contribution in [0.4, 0.5) is 20.2 Å². The van der Waals surface area contributed by atoms with E-state index in [1.165, 1.54) is 0 Å². The fraction of sp³-hybridized carbons (Fsp3) is 0.278. The molecule has 26 heavy (non-hydrogen) atoms. The summed E-state index contributed by atoms with van der Waals surface area (Å²) in [5.41, 5.74) is 3.74. The van der Waals surface area contributed by atoms with Gasteiger partial charge in [-0.3, -0.25) is 9.63 Å². The Kier molecular flexibility index (Phi) is 7.30. The minimum absolute atomic E-state index is 0.0894. The van der Waals surface area contributed by atoms with Crippen molar-refractivity contribution in [2.75, 3.05) is 11.9 Å². The molecule has 0 saturated heterocycles. The zero-order valence-electron chi connectivity index (χ0n) is 14.3. The number of aliphatic hydroxyl groups excluding tert-OH is 1. The predicted octanol–water partition coefficient (Wildman–Crippen LogP) is 4.05. The van der Waals surface area contributed by atoms with Crippen LogP contribution in [-0.2, 0) is 4.84 Å². The summed E-state index contributed by atoms with van der Waals surface area (Å²) in [4.78, 5) is 17.2. The van der Waals surface area contributed by atoms with Crippen molar-refractivity contribution in [1.82, 2.24) is 5.48 Å². The average molecular weight is 476 g/mol. The number of halogens is 3. The van der Waals surface area contributed by atoms with Crippen LogP contribution in [0, 0.1) is 22.1 Å². The van der Waals surface area contributed by atoms with E-state index in [4.69, 9.17) is 9.94 Å². The molecule has 0 saturated carbocycles. The molecule has 1 amide bonds. The van der Waals surface area contributed by atoms with Crippen molar-refractivity contribution in [1.29, 1.82) is 0 Å². The summed E-state index contributed by atoms with van der Waals surface area (Å²) in [5, 5.41) is 12.1. The van der Waals surface area contributed by atoms with Crippen molar-refractivity contribution in [2.24, 2.45) is 0 Å². The lowest BCUT2D eigenvalue weighted by molar-refractivity contribution is 0.0187. The molecular weight excluding hydrogens is 457 g/mol. The normalized spacial score (nSPS) is 11.9. The van der Waals surface area contributed by atoms with E-state index >= 15 is 0 Å². The van der Waals surface area contributed by atoms with E-state index in [0.717, 1.165) is 21.3 Å². The Bertz CT molecular complexity index is 800. The monoisotopic (exact) mass is 476 g/mol. The standard InChI is InChI=1S/C18H19F2IN2O3/c1-10-7-12(21)3-4-16(10)22-17-9-15(20)14(19)8-13(17)18(25)23-26-6-5-11(2)24/h3-4,7-9,11,22,24H,5-6H2,1-2H3,(H,23,25). The minimum Gasteiger partial charge on any atom is -0.393 e. The van der Waals surface area contributed by atoms with E-state index < -0.39 is 23.6 Å². The number of carbonyl (C=O) groups excluding carboxylic acids is 1. The van der Waals surface area contributed by atoms with Gasteiger partial charge in [0.05, 0.1) is 24.0 Å². The topological polar surface area (TPSA) is 70.6 Å². The number of carbonyl (C=O) groups is 1. The van der Waals surface area contributed by atoms with Gasteiger partial charge in [-0.1, -0.05) is 0 Å². The van der Waals surface area contributed by atoms with Gasteiger partial charge in [0.25, 0.3) is 5.91 Å².